The second-order valence-corrected chi connectivity index (χ2v) is 3.26. The van der Waals surface area contributed by atoms with Gasteiger partial charge in [-0.3, -0.25) is 4.79 Å². The van der Waals surface area contributed by atoms with Crippen LogP contribution in [0.2, 0.25) is 0 Å². The summed E-state index contributed by atoms with van der Waals surface area (Å²) in [6, 6.07) is 0. The second kappa shape index (κ2) is 3.18. The molecule has 2 nitrogen and oxygen atoms in total. The lowest BCUT2D eigenvalue weighted by atomic mass is 10.1. The van der Waals surface area contributed by atoms with Crippen LogP contribution in [-0.4, -0.2) is 11.3 Å². The van der Waals surface area contributed by atoms with E-state index in [0.29, 0.717) is 6.42 Å². The molecular formula is C9H15NO. The molecule has 0 heterocycles. The van der Waals surface area contributed by atoms with Crippen LogP contribution < -0.4 is 5.73 Å². The predicted octanol–water partition coefficient (Wildman–Crippen LogP) is 1.40. The monoisotopic (exact) mass is 153 g/mol. The summed E-state index contributed by atoms with van der Waals surface area (Å²) in [5, 5.41) is 0. The highest BCUT2D eigenvalue weighted by Gasteiger charge is 2.44. The van der Waals surface area contributed by atoms with Crippen molar-refractivity contribution in [3.05, 3.63) is 12.7 Å². The van der Waals surface area contributed by atoms with Gasteiger partial charge in [-0.15, -0.1) is 6.58 Å². The summed E-state index contributed by atoms with van der Waals surface area (Å²) in [6.07, 6.45) is 6.06. The zero-order valence-corrected chi connectivity index (χ0v) is 6.81. The van der Waals surface area contributed by atoms with Gasteiger partial charge in [0, 0.05) is 6.42 Å². The molecule has 1 aliphatic rings. The third-order valence-corrected chi connectivity index (χ3v) is 2.16. The first-order valence-electron chi connectivity index (χ1n) is 4.12. The van der Waals surface area contributed by atoms with E-state index in [9.17, 15) is 4.79 Å². The van der Waals surface area contributed by atoms with Crippen molar-refractivity contribution >= 4 is 5.78 Å². The van der Waals surface area contributed by atoms with E-state index in [2.05, 4.69) is 6.58 Å². The molecule has 0 unspecified atom stereocenters. The molecule has 2 N–H and O–H groups in total. The topological polar surface area (TPSA) is 43.1 Å². The Balaban J connectivity index is 2.16. The van der Waals surface area contributed by atoms with E-state index in [-0.39, 0.29) is 5.78 Å². The summed E-state index contributed by atoms with van der Waals surface area (Å²) in [6.45, 7) is 3.59. The molecule has 1 saturated carbocycles. The fourth-order valence-electron chi connectivity index (χ4n) is 1.07. The quantitative estimate of drug-likeness (QED) is 0.479. The van der Waals surface area contributed by atoms with E-state index in [0.717, 1.165) is 25.7 Å². The van der Waals surface area contributed by atoms with Crippen LogP contribution in [0, 0.1) is 0 Å². The number of Topliss-reactive ketones (excluding diaryl/α,β-unsaturated/α-hetero) is 1. The van der Waals surface area contributed by atoms with Crippen molar-refractivity contribution in [3.8, 4) is 0 Å². The summed E-state index contributed by atoms with van der Waals surface area (Å²) in [5.74, 6) is 0.236. The molecule has 2 heteroatoms. The van der Waals surface area contributed by atoms with Gasteiger partial charge in [0.1, 0.15) is 0 Å². The average molecular weight is 153 g/mol. The molecule has 0 aromatic rings. The molecule has 62 valence electrons. The van der Waals surface area contributed by atoms with Gasteiger partial charge in [-0.2, -0.15) is 0 Å². The Morgan fingerprint density at radius 2 is 2.27 bits per heavy atom. The molecule has 1 aliphatic carbocycles. The molecule has 0 spiro atoms. The lowest BCUT2D eigenvalue weighted by Gasteiger charge is -2.05. The maximum atomic E-state index is 11.2. The normalized spacial score (nSPS) is 19.4. The summed E-state index contributed by atoms with van der Waals surface area (Å²) in [4.78, 5) is 11.2. The minimum absolute atomic E-state index is 0.236. The lowest BCUT2D eigenvalue weighted by molar-refractivity contribution is -0.121. The van der Waals surface area contributed by atoms with E-state index in [1.165, 1.54) is 0 Å². The maximum Gasteiger partial charge on any atom is 0.152 e. The zero-order valence-electron chi connectivity index (χ0n) is 6.81. The van der Waals surface area contributed by atoms with Gasteiger partial charge in [0.2, 0.25) is 0 Å². The van der Waals surface area contributed by atoms with E-state index in [1.807, 2.05) is 6.08 Å². The molecule has 0 bridgehead atoms. The van der Waals surface area contributed by atoms with Crippen molar-refractivity contribution in [2.45, 2.75) is 37.6 Å². The van der Waals surface area contributed by atoms with E-state index in [4.69, 9.17) is 5.73 Å². The van der Waals surface area contributed by atoms with E-state index in [1.54, 1.807) is 0 Å². The third-order valence-electron chi connectivity index (χ3n) is 2.16. The number of unbranched alkanes of at least 4 members (excludes halogenated alkanes) is 1. The summed E-state index contributed by atoms with van der Waals surface area (Å²) in [5.41, 5.74) is 5.28. The number of ketones is 1. The molecule has 0 amide bonds. The van der Waals surface area contributed by atoms with Gasteiger partial charge in [-0.1, -0.05) is 6.08 Å². The second-order valence-electron chi connectivity index (χ2n) is 3.26. The summed E-state index contributed by atoms with van der Waals surface area (Å²) in [7, 11) is 0. The van der Waals surface area contributed by atoms with E-state index >= 15 is 0 Å². The SMILES string of the molecule is C=CCCCC(=O)C1(N)CC1. The van der Waals surface area contributed by atoms with Crippen LogP contribution in [0.5, 0.6) is 0 Å². The highest BCUT2D eigenvalue weighted by atomic mass is 16.1. The van der Waals surface area contributed by atoms with Crippen molar-refractivity contribution < 1.29 is 4.79 Å². The molecule has 1 rings (SSSR count). The molecule has 0 aliphatic heterocycles. The highest BCUT2D eigenvalue weighted by Crippen LogP contribution is 2.34. The van der Waals surface area contributed by atoms with Gasteiger partial charge in [0.05, 0.1) is 5.54 Å². The van der Waals surface area contributed by atoms with Crippen LogP contribution >= 0.6 is 0 Å². The minimum atomic E-state index is -0.416. The van der Waals surface area contributed by atoms with Crippen molar-refractivity contribution in [2.24, 2.45) is 5.73 Å². The maximum absolute atomic E-state index is 11.2. The number of carbonyl (C=O) groups excluding carboxylic acids is 1. The van der Waals surface area contributed by atoms with E-state index < -0.39 is 5.54 Å². The largest absolute Gasteiger partial charge is 0.319 e. The first-order valence-corrected chi connectivity index (χ1v) is 4.12. The molecule has 11 heavy (non-hydrogen) atoms. The van der Waals surface area contributed by atoms with Crippen LogP contribution in [-0.2, 0) is 4.79 Å². The van der Waals surface area contributed by atoms with Crippen molar-refractivity contribution in [2.75, 3.05) is 0 Å². The Bertz CT molecular complexity index is 170. The highest BCUT2D eigenvalue weighted by molar-refractivity contribution is 5.90. The number of hydrogen-bond donors (Lipinski definition) is 1. The van der Waals surface area contributed by atoms with Gasteiger partial charge in [-0.25, -0.2) is 0 Å². The van der Waals surface area contributed by atoms with Crippen LogP contribution in [0.25, 0.3) is 0 Å². The van der Waals surface area contributed by atoms with Crippen LogP contribution in [0.15, 0.2) is 12.7 Å². The Kier molecular flexibility index (Phi) is 2.45. The lowest BCUT2D eigenvalue weighted by Crippen LogP contribution is -2.32. The predicted molar refractivity (Wildman–Crippen MR) is 45.2 cm³/mol. The minimum Gasteiger partial charge on any atom is -0.319 e. The van der Waals surface area contributed by atoms with Crippen molar-refractivity contribution in [1.29, 1.82) is 0 Å². The Hall–Kier alpha value is -0.630. The number of carbonyl (C=O) groups is 1. The van der Waals surface area contributed by atoms with Crippen LogP contribution in [0.1, 0.15) is 32.1 Å². The smallest absolute Gasteiger partial charge is 0.152 e. The Morgan fingerprint density at radius 1 is 1.64 bits per heavy atom. The third kappa shape index (κ3) is 2.15. The number of hydrogen-bond acceptors (Lipinski definition) is 2. The first kappa shape index (κ1) is 8.47. The summed E-state index contributed by atoms with van der Waals surface area (Å²) >= 11 is 0. The zero-order chi connectivity index (χ0) is 8.32. The number of nitrogens with two attached hydrogens (primary N) is 1. The fourth-order valence-corrected chi connectivity index (χ4v) is 1.07. The van der Waals surface area contributed by atoms with Crippen LogP contribution in [0.3, 0.4) is 0 Å². The molecule has 0 saturated heterocycles. The first-order chi connectivity index (χ1) is 5.19. The Labute approximate surface area is 67.5 Å². The summed E-state index contributed by atoms with van der Waals surface area (Å²) < 4.78 is 0. The van der Waals surface area contributed by atoms with Gasteiger partial charge in [-0.05, 0) is 25.7 Å². The molecule has 0 radical (unpaired) electrons. The number of rotatable bonds is 5. The van der Waals surface area contributed by atoms with Gasteiger partial charge >= 0.3 is 0 Å². The molecule has 1 fully saturated rings. The fraction of sp³-hybridized carbons (Fsp3) is 0.667. The molecule has 0 aromatic carbocycles. The van der Waals surface area contributed by atoms with Gasteiger partial charge in [0.25, 0.3) is 0 Å². The molecule has 0 atom stereocenters. The molecular weight excluding hydrogens is 138 g/mol. The number of allylic oxidation sites excluding steroid dienone is 1. The van der Waals surface area contributed by atoms with Gasteiger partial charge in [0.15, 0.2) is 5.78 Å². The molecule has 0 aromatic heterocycles. The van der Waals surface area contributed by atoms with Crippen molar-refractivity contribution in [1.82, 2.24) is 0 Å². The van der Waals surface area contributed by atoms with Crippen molar-refractivity contribution in [3.63, 3.8) is 0 Å². The average Bonchev–Trinajstić information content (AvgIpc) is 2.70. The Morgan fingerprint density at radius 3 is 2.73 bits per heavy atom. The standard InChI is InChI=1S/C9H15NO/c1-2-3-4-5-8(11)9(10)6-7-9/h2H,1,3-7,10H2. The van der Waals surface area contributed by atoms with Gasteiger partial charge < -0.3 is 5.73 Å². The van der Waals surface area contributed by atoms with Crippen LogP contribution in [0.4, 0.5) is 0 Å².